The third kappa shape index (κ3) is 4.52. The van der Waals surface area contributed by atoms with Crippen molar-refractivity contribution < 1.29 is 9.90 Å². The van der Waals surface area contributed by atoms with E-state index >= 15 is 0 Å². The lowest BCUT2D eigenvalue weighted by molar-refractivity contribution is -0.112. The van der Waals surface area contributed by atoms with Gasteiger partial charge < -0.3 is 15.7 Å². The molecule has 2 rings (SSSR count). The second kappa shape index (κ2) is 8.08. The number of rotatable bonds is 4. The number of carbonyl (C=O) groups excluding carboxylic acids is 1. The van der Waals surface area contributed by atoms with Crippen LogP contribution in [0.5, 0.6) is 5.75 Å². The van der Waals surface area contributed by atoms with Gasteiger partial charge in [0.05, 0.1) is 5.69 Å². The molecule has 0 saturated heterocycles. The molecule has 0 aromatic heterocycles. The molecule has 0 aliphatic heterocycles. The molecule has 0 unspecified atom stereocenters. The van der Waals surface area contributed by atoms with E-state index in [1.54, 1.807) is 18.2 Å². The molecule has 0 bridgehead atoms. The van der Waals surface area contributed by atoms with Crippen molar-refractivity contribution in [2.75, 3.05) is 5.32 Å². The van der Waals surface area contributed by atoms with E-state index in [0.717, 1.165) is 12.8 Å². The number of aromatic hydroxyl groups is 1. The van der Waals surface area contributed by atoms with E-state index in [1.807, 2.05) is 6.07 Å². The fourth-order valence-corrected chi connectivity index (χ4v) is 2.56. The first kappa shape index (κ1) is 15.9. The van der Waals surface area contributed by atoms with Gasteiger partial charge in [-0.1, -0.05) is 37.8 Å². The summed E-state index contributed by atoms with van der Waals surface area (Å²) >= 11 is 0. The predicted molar refractivity (Wildman–Crippen MR) is 85.1 cm³/mol. The molecule has 1 fully saturated rings. The van der Waals surface area contributed by atoms with Crippen LogP contribution in [0.1, 0.15) is 38.5 Å². The van der Waals surface area contributed by atoms with Gasteiger partial charge in [0.25, 0.3) is 5.91 Å². The Balaban J connectivity index is 1.98. The average Bonchev–Trinajstić information content (AvgIpc) is 2.79. The van der Waals surface area contributed by atoms with E-state index in [-0.39, 0.29) is 11.3 Å². The van der Waals surface area contributed by atoms with Crippen molar-refractivity contribution in [1.29, 1.82) is 5.26 Å². The lowest BCUT2D eigenvalue weighted by atomic mass is 10.1. The third-order valence-electron chi connectivity index (χ3n) is 3.84. The second-order valence-corrected chi connectivity index (χ2v) is 5.50. The lowest BCUT2D eigenvalue weighted by Gasteiger charge is -2.14. The number of nitrogens with one attached hydrogen (secondary N) is 2. The summed E-state index contributed by atoms with van der Waals surface area (Å²) < 4.78 is 0. The molecule has 1 aliphatic rings. The third-order valence-corrected chi connectivity index (χ3v) is 3.84. The van der Waals surface area contributed by atoms with Crippen molar-refractivity contribution in [3.63, 3.8) is 0 Å². The van der Waals surface area contributed by atoms with Gasteiger partial charge in [-0.3, -0.25) is 4.79 Å². The minimum Gasteiger partial charge on any atom is -0.506 e. The van der Waals surface area contributed by atoms with E-state index in [0.29, 0.717) is 11.7 Å². The summed E-state index contributed by atoms with van der Waals surface area (Å²) in [5, 5.41) is 24.5. The summed E-state index contributed by atoms with van der Waals surface area (Å²) in [5.74, 6) is -0.546. The zero-order valence-corrected chi connectivity index (χ0v) is 12.5. The number of amides is 1. The fourth-order valence-electron chi connectivity index (χ4n) is 2.56. The van der Waals surface area contributed by atoms with Gasteiger partial charge in [0.2, 0.25) is 0 Å². The standard InChI is InChI=1S/C17H21N3O2/c18-11-13(12-19-14-7-3-1-2-4-8-14)17(22)20-15-9-5-6-10-16(15)21/h5-6,9-10,12,14,19,21H,1-4,7-8H2,(H,20,22)/b13-12-. The van der Waals surface area contributed by atoms with Crippen LogP contribution in [-0.4, -0.2) is 17.1 Å². The summed E-state index contributed by atoms with van der Waals surface area (Å²) in [6.45, 7) is 0. The number of phenols is 1. The molecular weight excluding hydrogens is 278 g/mol. The molecule has 0 heterocycles. The van der Waals surface area contributed by atoms with Crippen LogP contribution in [0.4, 0.5) is 5.69 Å². The van der Waals surface area contributed by atoms with Gasteiger partial charge in [0.1, 0.15) is 17.4 Å². The summed E-state index contributed by atoms with van der Waals surface area (Å²) in [6.07, 6.45) is 8.48. The van der Waals surface area contributed by atoms with E-state index in [9.17, 15) is 9.90 Å². The van der Waals surface area contributed by atoms with Crippen molar-refractivity contribution in [1.82, 2.24) is 5.32 Å². The normalized spacial score (nSPS) is 16.4. The highest BCUT2D eigenvalue weighted by molar-refractivity contribution is 6.07. The van der Waals surface area contributed by atoms with Crippen molar-refractivity contribution in [2.24, 2.45) is 0 Å². The molecule has 5 nitrogen and oxygen atoms in total. The Morgan fingerprint density at radius 3 is 2.55 bits per heavy atom. The molecule has 3 N–H and O–H groups in total. The van der Waals surface area contributed by atoms with Gasteiger partial charge in [0, 0.05) is 12.2 Å². The van der Waals surface area contributed by atoms with E-state index in [2.05, 4.69) is 10.6 Å². The van der Waals surface area contributed by atoms with Gasteiger partial charge >= 0.3 is 0 Å². The molecule has 0 radical (unpaired) electrons. The van der Waals surface area contributed by atoms with Crippen LogP contribution in [0, 0.1) is 11.3 Å². The highest BCUT2D eigenvalue weighted by Gasteiger charge is 2.14. The lowest BCUT2D eigenvalue weighted by Crippen LogP contribution is -2.25. The number of nitriles is 1. The average molecular weight is 299 g/mol. The van der Waals surface area contributed by atoms with Gasteiger partial charge in [0.15, 0.2) is 0 Å². The Morgan fingerprint density at radius 1 is 1.23 bits per heavy atom. The van der Waals surface area contributed by atoms with Crippen LogP contribution in [0.25, 0.3) is 0 Å². The number of anilines is 1. The Hall–Kier alpha value is -2.48. The minimum absolute atomic E-state index is 0.00694. The van der Waals surface area contributed by atoms with Crippen LogP contribution >= 0.6 is 0 Å². The number of para-hydroxylation sites is 2. The van der Waals surface area contributed by atoms with E-state index in [1.165, 1.54) is 37.9 Å². The largest absolute Gasteiger partial charge is 0.506 e. The molecule has 0 atom stereocenters. The maximum atomic E-state index is 12.1. The van der Waals surface area contributed by atoms with Crippen molar-refractivity contribution in [3.8, 4) is 11.8 Å². The highest BCUT2D eigenvalue weighted by Crippen LogP contribution is 2.22. The maximum Gasteiger partial charge on any atom is 0.267 e. The summed E-state index contributed by atoms with van der Waals surface area (Å²) in [4.78, 5) is 12.1. The summed E-state index contributed by atoms with van der Waals surface area (Å²) in [7, 11) is 0. The van der Waals surface area contributed by atoms with Crippen LogP contribution in [-0.2, 0) is 4.79 Å². The number of carbonyl (C=O) groups is 1. The molecular formula is C17H21N3O2. The smallest absolute Gasteiger partial charge is 0.267 e. The van der Waals surface area contributed by atoms with Crippen LogP contribution in [0.3, 0.4) is 0 Å². The van der Waals surface area contributed by atoms with Gasteiger partial charge in [-0.05, 0) is 25.0 Å². The highest BCUT2D eigenvalue weighted by atomic mass is 16.3. The van der Waals surface area contributed by atoms with Crippen molar-refractivity contribution >= 4 is 11.6 Å². The van der Waals surface area contributed by atoms with Gasteiger partial charge in [-0.25, -0.2) is 0 Å². The first-order valence-electron chi connectivity index (χ1n) is 7.66. The summed E-state index contributed by atoms with van der Waals surface area (Å²) in [6, 6.07) is 8.66. The number of hydrogen-bond donors (Lipinski definition) is 3. The molecule has 1 amide bonds. The van der Waals surface area contributed by atoms with Crippen LogP contribution in [0.2, 0.25) is 0 Å². The zero-order valence-electron chi connectivity index (χ0n) is 12.5. The Morgan fingerprint density at radius 2 is 1.91 bits per heavy atom. The van der Waals surface area contributed by atoms with E-state index < -0.39 is 5.91 Å². The number of nitrogens with zero attached hydrogens (tertiary/aromatic N) is 1. The molecule has 0 spiro atoms. The Kier molecular flexibility index (Phi) is 5.84. The first-order chi connectivity index (χ1) is 10.7. The minimum atomic E-state index is -0.523. The zero-order chi connectivity index (χ0) is 15.8. The summed E-state index contributed by atoms with van der Waals surface area (Å²) in [5.41, 5.74) is 0.301. The number of phenolic OH excluding ortho intramolecular Hbond substituents is 1. The monoisotopic (exact) mass is 299 g/mol. The molecule has 116 valence electrons. The Labute approximate surface area is 130 Å². The predicted octanol–water partition coefficient (Wildman–Crippen LogP) is 3.05. The number of hydrogen-bond acceptors (Lipinski definition) is 4. The van der Waals surface area contributed by atoms with Crippen molar-refractivity contribution in [3.05, 3.63) is 36.0 Å². The van der Waals surface area contributed by atoms with Crippen LogP contribution < -0.4 is 10.6 Å². The quantitative estimate of drug-likeness (QED) is 0.345. The molecule has 5 heteroatoms. The SMILES string of the molecule is N#C/C(=C/NC1CCCCCC1)C(=O)Nc1ccccc1O. The first-order valence-corrected chi connectivity index (χ1v) is 7.66. The molecule has 1 aliphatic carbocycles. The molecule has 1 aromatic carbocycles. The second-order valence-electron chi connectivity index (χ2n) is 5.50. The fraction of sp³-hybridized carbons (Fsp3) is 0.412. The van der Waals surface area contributed by atoms with Crippen molar-refractivity contribution in [2.45, 2.75) is 44.6 Å². The van der Waals surface area contributed by atoms with Gasteiger partial charge in [-0.15, -0.1) is 0 Å². The van der Waals surface area contributed by atoms with E-state index in [4.69, 9.17) is 5.26 Å². The van der Waals surface area contributed by atoms with Crippen LogP contribution in [0.15, 0.2) is 36.0 Å². The number of benzene rings is 1. The molecule has 1 aromatic rings. The van der Waals surface area contributed by atoms with Gasteiger partial charge in [-0.2, -0.15) is 5.26 Å². The molecule has 1 saturated carbocycles. The Bertz CT molecular complexity index is 582. The molecule has 22 heavy (non-hydrogen) atoms. The maximum absolute atomic E-state index is 12.1. The topological polar surface area (TPSA) is 85.2 Å².